The number of alkyl halides is 3. The van der Waals surface area contributed by atoms with E-state index in [2.05, 4.69) is 20.2 Å². The van der Waals surface area contributed by atoms with Crippen molar-refractivity contribution in [1.82, 2.24) is 24.9 Å². The van der Waals surface area contributed by atoms with Gasteiger partial charge in [0.15, 0.2) is 23.2 Å². The van der Waals surface area contributed by atoms with Crippen molar-refractivity contribution >= 4 is 0 Å². The lowest BCUT2D eigenvalue weighted by molar-refractivity contribution is -0.137. The van der Waals surface area contributed by atoms with Crippen LogP contribution in [0.25, 0.3) is 34.1 Å². The first-order valence-electron chi connectivity index (χ1n) is 11.2. The van der Waals surface area contributed by atoms with Crippen LogP contribution in [0.5, 0.6) is 5.75 Å². The highest BCUT2D eigenvalue weighted by molar-refractivity contribution is 5.66. The van der Waals surface area contributed by atoms with Gasteiger partial charge in [-0.15, -0.1) is 0 Å². The number of nitrogens with zero attached hydrogens (tertiary/aromatic N) is 5. The highest BCUT2D eigenvalue weighted by Gasteiger charge is 2.35. The van der Waals surface area contributed by atoms with Crippen molar-refractivity contribution in [3.05, 3.63) is 77.8 Å². The van der Waals surface area contributed by atoms with E-state index in [9.17, 15) is 22.0 Å². The van der Waals surface area contributed by atoms with Crippen LogP contribution in [0.2, 0.25) is 0 Å². The van der Waals surface area contributed by atoms with Crippen LogP contribution >= 0.6 is 0 Å². The summed E-state index contributed by atoms with van der Waals surface area (Å²) in [5.74, 6) is -2.03. The van der Waals surface area contributed by atoms with Crippen LogP contribution in [-0.4, -0.2) is 31.5 Å². The Morgan fingerprint density at radius 2 is 1.81 bits per heavy atom. The summed E-state index contributed by atoms with van der Waals surface area (Å²) in [6.45, 7) is 2.20. The molecule has 0 radical (unpaired) electrons. The highest BCUT2D eigenvalue weighted by atomic mass is 19.4. The van der Waals surface area contributed by atoms with Crippen LogP contribution in [0, 0.1) is 11.6 Å². The second kappa shape index (κ2) is 9.60. The van der Waals surface area contributed by atoms with E-state index in [0.717, 1.165) is 12.1 Å². The third kappa shape index (κ3) is 4.99. The Bertz CT molecular complexity index is 1530. The molecule has 2 aromatic carbocycles. The number of imidazole rings is 1. The second-order valence-electron chi connectivity index (χ2n) is 8.13. The van der Waals surface area contributed by atoms with Gasteiger partial charge in [0.25, 0.3) is 0 Å². The minimum absolute atomic E-state index is 0.00122. The van der Waals surface area contributed by atoms with E-state index in [1.165, 1.54) is 47.4 Å². The van der Waals surface area contributed by atoms with E-state index in [0.29, 0.717) is 30.1 Å². The Kier molecular flexibility index (Phi) is 6.32. The number of hydrogen-bond acceptors (Lipinski definition) is 6. The van der Waals surface area contributed by atoms with Gasteiger partial charge in [-0.05, 0) is 36.8 Å². The number of fused-ring (bicyclic) bond motifs is 1. The van der Waals surface area contributed by atoms with E-state index in [4.69, 9.17) is 9.26 Å². The standard InChI is InChI=1S/C25H18F5N5O2/c1-2-8-36-15-6-7-16(18(10-15)25(28,29)30)22-9-14(34-37-22)12-35-13-21-20(11-31-35)32-24(33-21)17-4-3-5-19(26)23(17)27/h3-7,9-11,13H,2,8,12H2,1H3. The van der Waals surface area contributed by atoms with Crippen molar-refractivity contribution in [2.24, 2.45) is 0 Å². The SMILES string of the molecule is CCCOc1ccc(-c2cc(Cn3cc4nc(-c5cccc(F)c5F)nc-4cn3)no2)c(C(F)(F)F)c1. The lowest BCUT2D eigenvalue weighted by Gasteiger charge is -2.13. The van der Waals surface area contributed by atoms with E-state index in [1.807, 2.05) is 6.92 Å². The lowest BCUT2D eigenvalue weighted by atomic mass is 10.0. The summed E-state index contributed by atoms with van der Waals surface area (Å²) >= 11 is 0. The molecule has 0 fully saturated rings. The fourth-order valence-corrected chi connectivity index (χ4v) is 3.71. The van der Waals surface area contributed by atoms with E-state index in [-0.39, 0.29) is 35.0 Å². The third-order valence-corrected chi connectivity index (χ3v) is 5.42. The lowest BCUT2D eigenvalue weighted by Crippen LogP contribution is -2.08. The van der Waals surface area contributed by atoms with Crippen LogP contribution in [0.3, 0.4) is 0 Å². The Hall–Kier alpha value is -4.35. The zero-order valence-corrected chi connectivity index (χ0v) is 19.3. The predicted octanol–water partition coefficient (Wildman–Crippen LogP) is 6.23. The number of aromatic nitrogens is 5. The van der Waals surface area contributed by atoms with Crippen molar-refractivity contribution in [3.8, 4) is 39.8 Å². The summed E-state index contributed by atoms with van der Waals surface area (Å²) in [5.41, 5.74) is -0.139. The number of rotatable bonds is 7. The van der Waals surface area contributed by atoms with Crippen LogP contribution in [0.1, 0.15) is 24.6 Å². The van der Waals surface area contributed by atoms with Gasteiger partial charge in [0, 0.05) is 11.6 Å². The molecule has 3 aromatic rings. The summed E-state index contributed by atoms with van der Waals surface area (Å²) in [4.78, 5) is 8.44. The summed E-state index contributed by atoms with van der Waals surface area (Å²) < 4.78 is 80.9. The van der Waals surface area contributed by atoms with E-state index >= 15 is 0 Å². The number of benzene rings is 2. The van der Waals surface area contributed by atoms with Gasteiger partial charge in [-0.2, -0.15) is 18.3 Å². The second-order valence-corrected chi connectivity index (χ2v) is 8.13. The molecule has 0 saturated heterocycles. The molecule has 0 bridgehead atoms. The maximum absolute atomic E-state index is 14.1. The van der Waals surface area contributed by atoms with Gasteiger partial charge < -0.3 is 9.26 Å². The third-order valence-electron chi connectivity index (χ3n) is 5.42. The average molecular weight is 515 g/mol. The normalized spacial score (nSPS) is 11.8. The quantitative estimate of drug-likeness (QED) is 0.239. The van der Waals surface area contributed by atoms with Gasteiger partial charge in [-0.3, -0.25) is 4.68 Å². The monoisotopic (exact) mass is 515 g/mol. The van der Waals surface area contributed by atoms with Crippen molar-refractivity contribution in [1.29, 1.82) is 0 Å². The fraction of sp³-hybridized carbons (Fsp3) is 0.200. The maximum Gasteiger partial charge on any atom is 0.417 e. The first-order chi connectivity index (χ1) is 17.7. The Balaban J connectivity index is 1.41. The maximum atomic E-state index is 14.1. The van der Waals surface area contributed by atoms with Crippen LogP contribution in [0.15, 0.2) is 59.4 Å². The molecule has 0 spiro atoms. The molecular weight excluding hydrogens is 497 g/mol. The van der Waals surface area contributed by atoms with Crippen molar-refractivity contribution < 1.29 is 31.2 Å². The minimum atomic E-state index is -4.63. The molecule has 0 saturated carbocycles. The van der Waals surface area contributed by atoms with Gasteiger partial charge in [0.05, 0.1) is 36.7 Å². The van der Waals surface area contributed by atoms with Gasteiger partial charge in [-0.25, -0.2) is 18.7 Å². The van der Waals surface area contributed by atoms with Crippen LogP contribution < -0.4 is 4.74 Å². The number of hydrogen-bond donors (Lipinski definition) is 0. The first kappa shape index (κ1) is 24.3. The molecular formula is C25H18F5N5O2. The zero-order valence-electron chi connectivity index (χ0n) is 19.3. The predicted molar refractivity (Wildman–Crippen MR) is 122 cm³/mol. The van der Waals surface area contributed by atoms with Crippen molar-refractivity contribution in [3.63, 3.8) is 0 Å². The summed E-state index contributed by atoms with van der Waals surface area (Å²) in [7, 11) is 0. The molecule has 12 heteroatoms. The summed E-state index contributed by atoms with van der Waals surface area (Å²) in [5, 5.41) is 8.07. The van der Waals surface area contributed by atoms with E-state index < -0.39 is 23.4 Å². The molecule has 3 heterocycles. The molecule has 0 atom stereocenters. The summed E-state index contributed by atoms with van der Waals surface area (Å²) in [6.07, 6.45) is -1.07. The summed E-state index contributed by atoms with van der Waals surface area (Å²) in [6, 6.07) is 8.76. The molecule has 7 nitrogen and oxygen atoms in total. The first-order valence-corrected chi connectivity index (χ1v) is 11.2. The molecule has 0 unspecified atom stereocenters. The molecule has 0 N–H and O–H groups in total. The van der Waals surface area contributed by atoms with Crippen molar-refractivity contribution in [2.45, 2.75) is 26.1 Å². The van der Waals surface area contributed by atoms with Gasteiger partial charge in [0.1, 0.15) is 22.8 Å². The van der Waals surface area contributed by atoms with Gasteiger partial charge >= 0.3 is 6.18 Å². The molecule has 0 amide bonds. The molecule has 2 aliphatic heterocycles. The zero-order chi connectivity index (χ0) is 26.2. The molecule has 37 heavy (non-hydrogen) atoms. The Morgan fingerprint density at radius 1 is 1.00 bits per heavy atom. The molecule has 190 valence electrons. The Labute approximate surface area is 206 Å². The Morgan fingerprint density at radius 3 is 2.59 bits per heavy atom. The highest BCUT2D eigenvalue weighted by Crippen LogP contribution is 2.39. The smallest absolute Gasteiger partial charge is 0.417 e. The van der Waals surface area contributed by atoms with E-state index in [1.54, 1.807) is 0 Å². The number of ether oxygens (including phenoxy) is 1. The van der Waals surface area contributed by atoms with Gasteiger partial charge in [0.2, 0.25) is 0 Å². The number of halogens is 5. The van der Waals surface area contributed by atoms with Gasteiger partial charge in [-0.1, -0.05) is 18.1 Å². The van der Waals surface area contributed by atoms with Crippen LogP contribution in [-0.2, 0) is 12.7 Å². The average Bonchev–Trinajstić information content (AvgIpc) is 3.50. The largest absolute Gasteiger partial charge is 0.494 e. The topological polar surface area (TPSA) is 78.9 Å². The fourth-order valence-electron chi connectivity index (χ4n) is 3.71. The molecule has 5 rings (SSSR count). The molecule has 0 aliphatic carbocycles. The minimum Gasteiger partial charge on any atom is -0.494 e. The molecule has 1 aromatic heterocycles. The molecule has 2 aliphatic rings. The van der Waals surface area contributed by atoms with Crippen LogP contribution in [0.4, 0.5) is 22.0 Å². The van der Waals surface area contributed by atoms with Crippen molar-refractivity contribution in [2.75, 3.05) is 6.61 Å².